The average Bonchev–Trinajstić information content (AvgIpc) is 2.89. The molecule has 2 unspecified atom stereocenters. The third kappa shape index (κ3) is 2.35. The van der Waals surface area contributed by atoms with Crippen molar-refractivity contribution >= 4 is 0 Å². The van der Waals surface area contributed by atoms with Gasteiger partial charge in [-0.25, -0.2) is 4.98 Å². The van der Waals surface area contributed by atoms with E-state index >= 15 is 0 Å². The zero-order chi connectivity index (χ0) is 12.3. The number of hydrogen-bond donors (Lipinski definition) is 1. The van der Waals surface area contributed by atoms with Gasteiger partial charge in [-0.1, -0.05) is 6.92 Å². The second kappa shape index (κ2) is 5.14. The van der Waals surface area contributed by atoms with E-state index in [0.29, 0.717) is 6.54 Å². The molecule has 1 saturated heterocycles. The molecule has 0 saturated carbocycles. The Hall–Kier alpha value is -0.940. The summed E-state index contributed by atoms with van der Waals surface area (Å²) in [5.41, 5.74) is 6.00. The van der Waals surface area contributed by atoms with E-state index in [9.17, 15) is 0 Å². The van der Waals surface area contributed by atoms with Gasteiger partial charge in [0.15, 0.2) is 0 Å². The summed E-state index contributed by atoms with van der Waals surface area (Å²) in [5, 5.41) is 4.26. The molecule has 0 aromatic carbocycles. The summed E-state index contributed by atoms with van der Waals surface area (Å²) in [6.07, 6.45) is 4.79. The molecule has 0 amide bonds. The molecular formula is C12H22N4O. The van der Waals surface area contributed by atoms with Gasteiger partial charge in [0.1, 0.15) is 12.2 Å². The second-order valence-electron chi connectivity index (χ2n) is 4.91. The maximum absolute atomic E-state index is 5.96. The van der Waals surface area contributed by atoms with Crippen molar-refractivity contribution in [2.45, 2.75) is 45.8 Å². The zero-order valence-electron chi connectivity index (χ0n) is 10.7. The highest BCUT2D eigenvalue weighted by molar-refractivity contribution is 5.00. The molecule has 1 aromatic rings. The van der Waals surface area contributed by atoms with E-state index in [4.69, 9.17) is 10.5 Å². The smallest absolute Gasteiger partial charge is 0.138 e. The Labute approximate surface area is 102 Å². The summed E-state index contributed by atoms with van der Waals surface area (Å²) in [5.74, 6) is 1.04. The fourth-order valence-corrected chi connectivity index (χ4v) is 2.53. The van der Waals surface area contributed by atoms with Crippen molar-refractivity contribution in [3.8, 4) is 0 Å². The van der Waals surface area contributed by atoms with Crippen LogP contribution in [0.5, 0.6) is 0 Å². The number of ether oxygens (including phenoxy) is 1. The maximum atomic E-state index is 5.96. The normalized spacial score (nSPS) is 28.8. The third-order valence-electron chi connectivity index (χ3n) is 3.88. The molecule has 0 aliphatic carbocycles. The predicted molar refractivity (Wildman–Crippen MR) is 65.5 cm³/mol. The first-order valence-electron chi connectivity index (χ1n) is 6.40. The van der Waals surface area contributed by atoms with E-state index in [1.165, 1.54) is 0 Å². The van der Waals surface area contributed by atoms with Crippen molar-refractivity contribution in [3.63, 3.8) is 0 Å². The molecule has 2 rings (SSSR count). The lowest BCUT2D eigenvalue weighted by Gasteiger charge is -2.30. The Morgan fingerprint density at radius 3 is 3.06 bits per heavy atom. The van der Waals surface area contributed by atoms with E-state index in [-0.39, 0.29) is 11.5 Å². The highest BCUT2D eigenvalue weighted by Crippen LogP contribution is 2.36. The molecule has 1 aromatic heterocycles. The van der Waals surface area contributed by atoms with Crippen molar-refractivity contribution in [1.29, 1.82) is 0 Å². The topological polar surface area (TPSA) is 66.0 Å². The second-order valence-corrected chi connectivity index (χ2v) is 4.91. The van der Waals surface area contributed by atoms with Crippen molar-refractivity contribution in [3.05, 3.63) is 12.2 Å². The minimum atomic E-state index is 0.0402. The quantitative estimate of drug-likeness (QED) is 0.830. The molecular weight excluding hydrogens is 216 g/mol. The van der Waals surface area contributed by atoms with E-state index in [1.54, 1.807) is 6.33 Å². The summed E-state index contributed by atoms with van der Waals surface area (Å²) in [4.78, 5) is 4.37. The van der Waals surface area contributed by atoms with Crippen LogP contribution >= 0.6 is 0 Å². The van der Waals surface area contributed by atoms with Gasteiger partial charge >= 0.3 is 0 Å². The summed E-state index contributed by atoms with van der Waals surface area (Å²) in [6.45, 7) is 6.63. The van der Waals surface area contributed by atoms with Gasteiger partial charge in [-0.2, -0.15) is 5.10 Å². The van der Waals surface area contributed by atoms with Gasteiger partial charge in [0.05, 0.1) is 6.10 Å². The molecule has 17 heavy (non-hydrogen) atoms. The lowest BCUT2D eigenvalue weighted by Crippen LogP contribution is -2.39. The number of hydrogen-bond acceptors (Lipinski definition) is 4. The van der Waals surface area contributed by atoms with Crippen LogP contribution in [0, 0.1) is 5.41 Å². The van der Waals surface area contributed by atoms with Crippen molar-refractivity contribution in [1.82, 2.24) is 14.8 Å². The highest BCUT2D eigenvalue weighted by atomic mass is 16.5. The zero-order valence-corrected chi connectivity index (χ0v) is 10.7. The molecule has 5 heteroatoms. The van der Waals surface area contributed by atoms with Crippen LogP contribution in [-0.2, 0) is 17.7 Å². The highest BCUT2D eigenvalue weighted by Gasteiger charge is 2.41. The fourth-order valence-electron chi connectivity index (χ4n) is 2.53. The van der Waals surface area contributed by atoms with Gasteiger partial charge < -0.3 is 10.5 Å². The summed E-state index contributed by atoms with van der Waals surface area (Å²) in [7, 11) is 0. The van der Waals surface area contributed by atoms with Crippen molar-refractivity contribution in [2.75, 3.05) is 13.2 Å². The molecule has 1 fully saturated rings. The van der Waals surface area contributed by atoms with Crippen LogP contribution in [0.2, 0.25) is 0 Å². The van der Waals surface area contributed by atoms with Crippen LogP contribution in [0.25, 0.3) is 0 Å². The summed E-state index contributed by atoms with van der Waals surface area (Å²) >= 11 is 0. The predicted octanol–water partition coefficient (Wildman–Crippen LogP) is 0.985. The molecule has 0 radical (unpaired) electrons. The third-order valence-corrected chi connectivity index (χ3v) is 3.88. The molecule has 2 atom stereocenters. The van der Waals surface area contributed by atoms with Crippen LogP contribution < -0.4 is 5.73 Å². The number of nitrogens with zero attached hydrogens (tertiary/aromatic N) is 3. The fraction of sp³-hybridized carbons (Fsp3) is 0.833. The van der Waals surface area contributed by atoms with Crippen LogP contribution in [0.1, 0.15) is 32.5 Å². The monoisotopic (exact) mass is 238 g/mol. The number of rotatable bonds is 5. The first-order chi connectivity index (χ1) is 8.22. The molecule has 1 aliphatic rings. The molecule has 1 aliphatic heterocycles. The van der Waals surface area contributed by atoms with E-state index in [2.05, 4.69) is 23.9 Å². The molecule has 96 valence electrons. The summed E-state index contributed by atoms with van der Waals surface area (Å²) in [6, 6.07) is 0. The Bertz CT molecular complexity index is 365. The number of aryl methyl sites for hydroxylation is 1. The van der Waals surface area contributed by atoms with E-state index < -0.39 is 0 Å². The van der Waals surface area contributed by atoms with Gasteiger partial charge in [0, 0.05) is 31.5 Å². The van der Waals surface area contributed by atoms with Gasteiger partial charge in [0.2, 0.25) is 0 Å². The Kier molecular flexibility index (Phi) is 3.79. The maximum Gasteiger partial charge on any atom is 0.138 e. The van der Waals surface area contributed by atoms with Gasteiger partial charge in [0.25, 0.3) is 0 Å². The SMILES string of the molecule is CCCn1ncnc1CC1(CN)CCOC1C. The Morgan fingerprint density at radius 2 is 2.47 bits per heavy atom. The lowest BCUT2D eigenvalue weighted by atomic mass is 9.78. The average molecular weight is 238 g/mol. The Balaban J connectivity index is 2.15. The van der Waals surface area contributed by atoms with Gasteiger partial charge in [-0.3, -0.25) is 4.68 Å². The number of nitrogens with two attached hydrogens (primary N) is 1. The van der Waals surface area contributed by atoms with E-state index in [0.717, 1.165) is 38.2 Å². The Morgan fingerprint density at radius 1 is 1.65 bits per heavy atom. The minimum absolute atomic E-state index is 0.0402. The molecule has 2 N–H and O–H groups in total. The molecule has 0 spiro atoms. The van der Waals surface area contributed by atoms with Gasteiger partial charge in [-0.05, 0) is 19.8 Å². The van der Waals surface area contributed by atoms with Gasteiger partial charge in [-0.15, -0.1) is 0 Å². The first kappa shape index (κ1) is 12.5. The molecule has 0 bridgehead atoms. The van der Waals surface area contributed by atoms with Crippen molar-refractivity contribution < 1.29 is 4.74 Å². The van der Waals surface area contributed by atoms with Crippen molar-refractivity contribution in [2.24, 2.45) is 11.1 Å². The standard InChI is InChI=1S/C12H22N4O/c1-3-5-16-11(14-9-15-16)7-12(8-13)4-6-17-10(12)2/h9-10H,3-8,13H2,1-2H3. The summed E-state index contributed by atoms with van der Waals surface area (Å²) < 4.78 is 7.66. The largest absolute Gasteiger partial charge is 0.378 e. The number of aromatic nitrogens is 3. The van der Waals surface area contributed by atoms with Crippen LogP contribution in [-0.4, -0.2) is 34.0 Å². The molecule has 5 nitrogen and oxygen atoms in total. The van der Waals surface area contributed by atoms with Crippen LogP contribution in [0.15, 0.2) is 6.33 Å². The van der Waals surface area contributed by atoms with Crippen LogP contribution in [0.3, 0.4) is 0 Å². The van der Waals surface area contributed by atoms with Crippen LogP contribution in [0.4, 0.5) is 0 Å². The lowest BCUT2D eigenvalue weighted by molar-refractivity contribution is 0.0658. The minimum Gasteiger partial charge on any atom is -0.378 e. The molecule has 2 heterocycles. The first-order valence-corrected chi connectivity index (χ1v) is 6.40. The van der Waals surface area contributed by atoms with E-state index in [1.807, 2.05) is 4.68 Å².